The normalized spacial score (nSPS) is 6.09. The maximum atomic E-state index is 2.63. The summed E-state index contributed by atoms with van der Waals surface area (Å²) >= 11 is 0. The Kier molecular flexibility index (Phi) is 21.5. The molecule has 0 heterocycles. The molecule has 0 aliphatic rings. The molecule has 0 N–H and O–H groups in total. The van der Waals surface area contributed by atoms with Crippen LogP contribution in [0.15, 0.2) is 30.3 Å². The van der Waals surface area contributed by atoms with E-state index in [0.29, 0.717) is 0 Å². The number of hydrogen-bond acceptors (Lipinski definition) is 0. The van der Waals surface area contributed by atoms with Crippen LogP contribution in [0, 0.1) is 7.43 Å². The van der Waals surface area contributed by atoms with Gasteiger partial charge in [0.05, 0.1) is 0 Å². The minimum atomic E-state index is 0. The van der Waals surface area contributed by atoms with E-state index in [1.165, 1.54) is 5.30 Å². The van der Waals surface area contributed by atoms with Crippen molar-refractivity contribution in [3.63, 3.8) is 0 Å². The first kappa shape index (κ1) is 17.7. The predicted octanol–water partition coefficient (Wildman–Crippen LogP) is 2.66. The van der Waals surface area contributed by atoms with E-state index in [0.717, 1.165) is 0 Å². The fourth-order valence-electron chi connectivity index (χ4n) is 0.453. The molecule has 0 aliphatic carbocycles. The van der Waals surface area contributed by atoms with Gasteiger partial charge in [0, 0.05) is 32.7 Å². The van der Waals surface area contributed by atoms with Gasteiger partial charge in [0.25, 0.3) is 0 Å². The molecule has 0 bridgehead atoms. The van der Waals surface area contributed by atoms with Crippen LogP contribution in [0.25, 0.3) is 0 Å². The zero-order valence-corrected chi connectivity index (χ0v) is 11.5. The van der Waals surface area contributed by atoms with E-state index in [-0.39, 0.29) is 40.1 Å². The van der Waals surface area contributed by atoms with E-state index in [4.69, 9.17) is 0 Å². The SMILES string of the molecule is CC.Pc1ccccc1.[CH3-].[Y]. The van der Waals surface area contributed by atoms with E-state index < -0.39 is 0 Å². The Morgan fingerprint density at radius 1 is 1.00 bits per heavy atom. The Labute approximate surface area is 98.3 Å². The molecule has 1 radical (unpaired) electrons. The summed E-state index contributed by atoms with van der Waals surface area (Å²) in [6.07, 6.45) is 0. The molecule has 0 nitrogen and oxygen atoms in total. The summed E-state index contributed by atoms with van der Waals surface area (Å²) in [5, 5.41) is 1.24. The summed E-state index contributed by atoms with van der Waals surface area (Å²) in [6.45, 7) is 4.00. The molecule has 1 aromatic rings. The van der Waals surface area contributed by atoms with Crippen LogP contribution in [-0.2, 0) is 32.7 Å². The second-order valence-electron chi connectivity index (χ2n) is 1.41. The number of hydrogen-bond donors (Lipinski definition) is 0. The van der Waals surface area contributed by atoms with Gasteiger partial charge in [-0.25, -0.2) is 0 Å². The van der Waals surface area contributed by atoms with Crippen molar-refractivity contribution in [3.05, 3.63) is 37.8 Å². The van der Waals surface area contributed by atoms with Crippen LogP contribution in [0.5, 0.6) is 0 Å². The van der Waals surface area contributed by atoms with Gasteiger partial charge in [-0.1, -0.05) is 44.2 Å². The first-order valence-corrected chi connectivity index (χ1v) is 3.78. The van der Waals surface area contributed by atoms with Crippen molar-refractivity contribution < 1.29 is 32.7 Å². The smallest absolute Gasteiger partial charge is 0 e. The van der Waals surface area contributed by atoms with E-state index in [1.54, 1.807) is 0 Å². The third kappa shape index (κ3) is 10.8. The van der Waals surface area contributed by atoms with Gasteiger partial charge in [0.15, 0.2) is 0 Å². The Morgan fingerprint density at radius 2 is 1.36 bits per heavy atom. The van der Waals surface area contributed by atoms with Crippen LogP contribution < -0.4 is 5.30 Å². The quantitative estimate of drug-likeness (QED) is 0.486. The molecule has 0 aromatic heterocycles. The summed E-state index contributed by atoms with van der Waals surface area (Å²) in [5.74, 6) is 0. The van der Waals surface area contributed by atoms with Crippen LogP contribution in [0.1, 0.15) is 13.8 Å². The fraction of sp³-hybridized carbons (Fsp3) is 0.222. The van der Waals surface area contributed by atoms with E-state index in [2.05, 4.69) is 9.24 Å². The molecule has 1 atom stereocenters. The fourth-order valence-corrected chi connectivity index (χ4v) is 0.675. The van der Waals surface area contributed by atoms with Gasteiger partial charge in [-0.05, 0) is 5.30 Å². The number of benzene rings is 1. The maximum absolute atomic E-state index is 2.63. The first-order valence-electron chi connectivity index (χ1n) is 3.20. The molecule has 61 valence electrons. The van der Waals surface area contributed by atoms with Crippen molar-refractivity contribution in [1.29, 1.82) is 0 Å². The van der Waals surface area contributed by atoms with Crippen LogP contribution in [0.4, 0.5) is 0 Å². The van der Waals surface area contributed by atoms with Gasteiger partial charge in [-0.2, -0.15) is 0 Å². The van der Waals surface area contributed by atoms with Gasteiger partial charge < -0.3 is 7.43 Å². The Bertz CT molecular complexity index is 139. The molecule has 0 aliphatic heterocycles. The summed E-state index contributed by atoms with van der Waals surface area (Å²) < 4.78 is 0. The molecule has 0 amide bonds. The maximum Gasteiger partial charge on any atom is 0 e. The van der Waals surface area contributed by atoms with Crippen molar-refractivity contribution in [2.24, 2.45) is 0 Å². The second kappa shape index (κ2) is 13.4. The van der Waals surface area contributed by atoms with Gasteiger partial charge in [0.1, 0.15) is 0 Å². The molecule has 1 rings (SSSR count). The molecule has 1 aromatic carbocycles. The van der Waals surface area contributed by atoms with E-state index in [1.807, 2.05) is 44.2 Å². The van der Waals surface area contributed by atoms with Crippen LogP contribution in [0.3, 0.4) is 0 Å². The number of rotatable bonds is 0. The van der Waals surface area contributed by atoms with E-state index >= 15 is 0 Å². The zero-order chi connectivity index (χ0) is 7.11. The molecule has 0 spiro atoms. The van der Waals surface area contributed by atoms with Crippen molar-refractivity contribution in [2.75, 3.05) is 0 Å². The second-order valence-corrected chi connectivity index (χ2v) is 2.08. The third-order valence-corrected chi connectivity index (χ3v) is 1.18. The van der Waals surface area contributed by atoms with Gasteiger partial charge >= 0.3 is 0 Å². The first-order chi connectivity index (χ1) is 4.39. The molecule has 0 fully saturated rings. The Balaban J connectivity index is -0.000000149. The summed E-state index contributed by atoms with van der Waals surface area (Å²) in [5.41, 5.74) is 0. The standard InChI is InChI=1S/C6H7P.C2H6.CH3.Y/c7-6-4-2-1-3-5-6;1-2;;/h1-5H,7H2;1-2H3;1H3;/q;;-1;. The third-order valence-electron chi connectivity index (χ3n) is 0.800. The average Bonchev–Trinajstić information content (AvgIpc) is 1.94. The summed E-state index contributed by atoms with van der Waals surface area (Å²) in [7, 11) is 2.63. The molecule has 0 saturated carbocycles. The van der Waals surface area contributed by atoms with Crippen LogP contribution >= 0.6 is 9.24 Å². The molecular weight excluding hydrogens is 228 g/mol. The van der Waals surface area contributed by atoms with Crippen LogP contribution in [0.2, 0.25) is 0 Å². The minimum Gasteiger partial charge on any atom is -0.358 e. The van der Waals surface area contributed by atoms with Gasteiger partial charge in [-0.15, -0.1) is 9.24 Å². The van der Waals surface area contributed by atoms with Gasteiger partial charge in [0.2, 0.25) is 0 Å². The molecular formula is C9H16PY-. The summed E-state index contributed by atoms with van der Waals surface area (Å²) in [4.78, 5) is 0. The van der Waals surface area contributed by atoms with Crippen molar-refractivity contribution in [3.8, 4) is 0 Å². The topological polar surface area (TPSA) is 0 Å². The molecule has 1 unspecified atom stereocenters. The molecule has 2 heteroatoms. The zero-order valence-electron chi connectivity index (χ0n) is 7.54. The van der Waals surface area contributed by atoms with Crippen molar-refractivity contribution in [1.82, 2.24) is 0 Å². The summed E-state index contributed by atoms with van der Waals surface area (Å²) in [6, 6.07) is 10.1. The minimum absolute atomic E-state index is 0. The van der Waals surface area contributed by atoms with Gasteiger partial charge in [-0.3, -0.25) is 0 Å². The van der Waals surface area contributed by atoms with Crippen LogP contribution in [-0.4, -0.2) is 0 Å². The van der Waals surface area contributed by atoms with E-state index in [9.17, 15) is 0 Å². The predicted molar refractivity (Wildman–Crippen MR) is 53.5 cm³/mol. The molecule has 11 heavy (non-hydrogen) atoms. The average molecular weight is 244 g/mol. The largest absolute Gasteiger partial charge is 0.358 e. The Morgan fingerprint density at radius 3 is 1.55 bits per heavy atom. The molecule has 0 saturated heterocycles. The van der Waals surface area contributed by atoms with Crippen molar-refractivity contribution in [2.45, 2.75) is 13.8 Å². The van der Waals surface area contributed by atoms with Crippen molar-refractivity contribution >= 4 is 14.5 Å². The Hall–Kier alpha value is 0.754. The monoisotopic (exact) mass is 244 g/mol.